The van der Waals surface area contributed by atoms with Gasteiger partial charge in [-0.2, -0.15) is 0 Å². The Morgan fingerprint density at radius 1 is 0.852 bits per heavy atom. The molecule has 9 nitrogen and oxygen atoms in total. The van der Waals surface area contributed by atoms with Crippen LogP contribution in [0.3, 0.4) is 0 Å². The van der Waals surface area contributed by atoms with Gasteiger partial charge in [-0.15, -0.1) is 0 Å². The second-order valence-corrected chi connectivity index (χ2v) is 35.2. The van der Waals surface area contributed by atoms with Crippen molar-refractivity contribution in [2.24, 2.45) is 11.3 Å². The Balaban J connectivity index is 3.46. The van der Waals surface area contributed by atoms with E-state index in [4.69, 9.17) is 23.1 Å². The van der Waals surface area contributed by atoms with Crippen LogP contribution < -0.4 is 5.32 Å². The minimum absolute atomic E-state index is 0.0116. The average Bonchev–Trinajstić information content (AvgIpc) is 3.82. The van der Waals surface area contributed by atoms with Gasteiger partial charge in [0.05, 0.1) is 62.8 Å². The molecule has 4 atom stereocenters. The van der Waals surface area contributed by atoms with Crippen LogP contribution in [0.2, 0.25) is 54.9 Å². The molecule has 0 heterocycles. The van der Waals surface area contributed by atoms with Crippen molar-refractivity contribution >= 4 is 24.7 Å². The summed E-state index contributed by atoms with van der Waals surface area (Å²) in [5.41, 5.74) is -1.57. The lowest BCUT2D eigenvalue weighted by atomic mass is 9.88. The maximum Gasteiger partial charge on any atom is 0.256 e. The number of aliphatic hydroxyl groups excluding tert-OH is 3. The van der Waals surface area contributed by atoms with Crippen molar-refractivity contribution in [3.8, 4) is 0 Å². The quantitative estimate of drug-likeness (QED) is 0.0349. The summed E-state index contributed by atoms with van der Waals surface area (Å²) >= 11 is 0. The van der Waals surface area contributed by atoms with E-state index < -0.39 is 47.4 Å². The molecule has 0 spiro atoms. The van der Waals surface area contributed by atoms with E-state index in [2.05, 4.69) is 120 Å². The minimum Gasteiger partial charge on any atom is -0.547 e. The summed E-state index contributed by atoms with van der Waals surface area (Å²) in [5.74, 6) is 1.19. The van der Waals surface area contributed by atoms with E-state index in [1.807, 2.05) is 14.0 Å². The van der Waals surface area contributed by atoms with Gasteiger partial charge in [0.25, 0.3) is 8.32 Å². The van der Waals surface area contributed by atoms with E-state index in [9.17, 15) is 15.3 Å². The number of nitrogens with one attached hydrogen (secondary N) is 1. The van der Waals surface area contributed by atoms with Crippen molar-refractivity contribution in [3.05, 3.63) is 11.8 Å². The molecule has 54 heavy (non-hydrogen) atoms. The van der Waals surface area contributed by atoms with Crippen LogP contribution in [0.25, 0.3) is 0 Å². The van der Waals surface area contributed by atoms with Crippen LogP contribution in [0.5, 0.6) is 0 Å². The van der Waals surface area contributed by atoms with E-state index in [0.29, 0.717) is 39.4 Å². The summed E-state index contributed by atoms with van der Waals surface area (Å²) in [6.45, 7) is 41.1. The molecule has 12 heteroatoms. The van der Waals surface area contributed by atoms with E-state index in [-0.39, 0.29) is 34.4 Å². The van der Waals surface area contributed by atoms with Crippen molar-refractivity contribution in [2.45, 2.75) is 193 Å². The SMILES string of the molecule is CCC(CO)(CO)COCCC[Si](C)(OC(C)(C)C(C)(C)[Si](C)(CCCOCC(O)CNC)OC(C)=CC(C)(OC1([Si](C)(C)C)CC1)C(C)C)C(C)(C)C. The lowest BCUT2D eigenvalue weighted by Gasteiger charge is -2.56. The zero-order valence-electron chi connectivity index (χ0n) is 38.5. The Labute approximate surface area is 336 Å². The number of allylic oxidation sites excluding steroid dienone is 1. The van der Waals surface area contributed by atoms with Gasteiger partial charge in [-0.1, -0.05) is 75.0 Å². The van der Waals surface area contributed by atoms with Gasteiger partial charge in [-0.25, -0.2) is 0 Å². The van der Waals surface area contributed by atoms with Gasteiger partial charge in [0.1, 0.15) is 0 Å². The molecule has 4 N–H and O–H groups in total. The number of rotatable bonds is 28. The van der Waals surface area contributed by atoms with Crippen LogP contribution in [0.15, 0.2) is 11.8 Å². The molecule has 0 amide bonds. The third-order valence-corrected chi connectivity index (χ3v) is 28.0. The van der Waals surface area contributed by atoms with Gasteiger partial charge in [0.15, 0.2) is 8.32 Å². The maximum absolute atomic E-state index is 10.2. The fraction of sp³-hybridized carbons (Fsp3) is 0.952. The van der Waals surface area contributed by atoms with Gasteiger partial charge in [-0.05, 0) is 109 Å². The highest BCUT2D eigenvalue weighted by Gasteiger charge is 2.60. The molecule has 0 radical (unpaired) electrons. The number of ether oxygens (including phenoxy) is 3. The van der Waals surface area contributed by atoms with Crippen LogP contribution in [0.4, 0.5) is 0 Å². The third kappa shape index (κ3) is 13.5. The van der Waals surface area contributed by atoms with Crippen molar-refractivity contribution in [1.29, 1.82) is 0 Å². The number of aliphatic hydroxyl groups is 3. The van der Waals surface area contributed by atoms with Gasteiger partial charge in [0.2, 0.25) is 0 Å². The van der Waals surface area contributed by atoms with Gasteiger partial charge in [-0.3, -0.25) is 0 Å². The molecular weight excluding hydrogens is 731 g/mol. The molecule has 1 fully saturated rings. The number of hydrogen-bond acceptors (Lipinski definition) is 9. The van der Waals surface area contributed by atoms with Crippen LogP contribution >= 0.6 is 0 Å². The fourth-order valence-corrected chi connectivity index (χ4v) is 16.8. The summed E-state index contributed by atoms with van der Waals surface area (Å²) < 4.78 is 34.2. The first kappa shape index (κ1) is 51.9. The second kappa shape index (κ2) is 20.2. The molecule has 4 unspecified atom stereocenters. The highest BCUT2D eigenvalue weighted by Crippen LogP contribution is 2.56. The monoisotopic (exact) mass is 820 g/mol. The van der Waals surface area contributed by atoms with Crippen LogP contribution in [0.1, 0.15) is 115 Å². The van der Waals surface area contributed by atoms with Gasteiger partial charge < -0.3 is 43.7 Å². The molecule has 1 rings (SSSR count). The largest absolute Gasteiger partial charge is 0.547 e. The summed E-state index contributed by atoms with van der Waals surface area (Å²) in [6.07, 6.45) is 6.35. The molecule has 0 aromatic carbocycles. The number of likely N-dealkylation sites (N-methyl/N-ethyl adjacent to an activating group) is 1. The average molecular weight is 820 g/mol. The Bertz CT molecular complexity index is 1140. The van der Waals surface area contributed by atoms with Gasteiger partial charge >= 0.3 is 0 Å². The minimum atomic E-state index is -2.66. The van der Waals surface area contributed by atoms with Crippen LogP contribution in [0, 0.1) is 11.3 Å². The molecule has 322 valence electrons. The summed E-state index contributed by atoms with van der Waals surface area (Å²) in [5, 5.41) is 32.7. The van der Waals surface area contributed by atoms with Crippen molar-refractivity contribution in [3.63, 3.8) is 0 Å². The number of hydrogen-bond donors (Lipinski definition) is 4. The Kier molecular flexibility index (Phi) is 19.4. The zero-order valence-corrected chi connectivity index (χ0v) is 41.5. The molecule has 0 aromatic rings. The summed E-state index contributed by atoms with van der Waals surface area (Å²) in [4.78, 5) is 0. The maximum atomic E-state index is 10.2. The standard InChI is InChI=1S/C42H89NO8Si3/c1-19-41(31-44,32-45)33-48-25-21-26-53(17,37(5,6)7)51-38(8,9)39(10,11)54(18,27-20-24-47-30-36(46)29-43-13)49-35(4)28-40(12,34(2)3)50-42(22-23-42)52(14,15)16/h28,34,36,43-46H,19-27,29-33H2,1-18H3. The second-order valence-electron chi connectivity index (χ2n) is 20.7. The topological polar surface area (TPSA) is 119 Å². The fourth-order valence-electron chi connectivity index (χ4n) is 7.33. The first-order valence-electron chi connectivity index (χ1n) is 21.0. The molecule has 0 aliphatic heterocycles. The van der Waals surface area contributed by atoms with E-state index in [1.54, 1.807) is 0 Å². The molecule has 0 aromatic heterocycles. The van der Waals surface area contributed by atoms with Crippen molar-refractivity contribution in [2.75, 3.05) is 53.2 Å². The first-order valence-corrected chi connectivity index (χ1v) is 29.7. The molecule has 0 saturated heterocycles. The van der Waals surface area contributed by atoms with E-state index in [1.165, 1.54) is 0 Å². The Morgan fingerprint density at radius 3 is 1.80 bits per heavy atom. The molecular formula is C42H89NO8Si3. The zero-order chi connectivity index (χ0) is 42.1. The van der Waals surface area contributed by atoms with E-state index >= 15 is 0 Å². The molecule has 1 aliphatic carbocycles. The smallest absolute Gasteiger partial charge is 0.256 e. The van der Waals surface area contributed by atoms with Crippen LogP contribution in [-0.4, -0.2) is 116 Å². The van der Waals surface area contributed by atoms with Crippen LogP contribution in [-0.2, 0) is 23.1 Å². The molecule has 0 bridgehead atoms. The summed E-state index contributed by atoms with van der Waals surface area (Å²) in [7, 11) is -4.77. The normalized spacial score (nSPS) is 20.0. The lowest BCUT2D eigenvalue weighted by molar-refractivity contribution is -0.0636. The first-order chi connectivity index (χ1) is 24.5. The van der Waals surface area contributed by atoms with Gasteiger partial charge in [0, 0.05) is 30.2 Å². The van der Waals surface area contributed by atoms with Crippen molar-refractivity contribution < 1.29 is 38.4 Å². The predicted molar refractivity (Wildman–Crippen MR) is 234 cm³/mol. The molecule has 1 saturated carbocycles. The Morgan fingerprint density at radius 2 is 1.37 bits per heavy atom. The Hall–Kier alpha value is -0.129. The highest BCUT2D eigenvalue weighted by molar-refractivity contribution is 6.80. The highest BCUT2D eigenvalue weighted by atomic mass is 28.4. The third-order valence-electron chi connectivity index (χ3n) is 13.9. The summed E-state index contributed by atoms with van der Waals surface area (Å²) in [6, 6.07) is 1.80. The lowest BCUT2D eigenvalue weighted by Crippen LogP contribution is -2.60. The van der Waals surface area contributed by atoms with Crippen molar-refractivity contribution in [1.82, 2.24) is 5.32 Å². The predicted octanol–water partition coefficient (Wildman–Crippen LogP) is 9.05. The van der Waals surface area contributed by atoms with E-state index in [0.717, 1.165) is 43.5 Å². The molecule has 1 aliphatic rings.